The van der Waals surface area contributed by atoms with Crippen molar-refractivity contribution in [3.8, 4) is 0 Å². The predicted octanol–water partition coefficient (Wildman–Crippen LogP) is 2.07. The average molecular weight is 414 g/mol. The van der Waals surface area contributed by atoms with Gasteiger partial charge in [-0.15, -0.1) is 11.3 Å². The molecule has 1 atom stereocenters. The van der Waals surface area contributed by atoms with Gasteiger partial charge in [-0.3, -0.25) is 9.89 Å². The van der Waals surface area contributed by atoms with Crippen LogP contribution in [0, 0.1) is 0 Å². The molecule has 0 amide bonds. The number of fused-ring (bicyclic) bond motifs is 1. The molecule has 8 heteroatoms. The maximum atomic E-state index is 5.00. The van der Waals surface area contributed by atoms with Crippen LogP contribution in [0.4, 0.5) is 5.95 Å². The topological polar surface area (TPSA) is 59.9 Å². The van der Waals surface area contributed by atoms with Crippen LogP contribution in [-0.2, 0) is 13.0 Å². The minimum atomic E-state index is 0.440. The highest BCUT2D eigenvalue weighted by atomic mass is 32.1. The van der Waals surface area contributed by atoms with Crippen molar-refractivity contribution in [2.45, 2.75) is 32.9 Å². The van der Waals surface area contributed by atoms with Gasteiger partial charge in [0.2, 0.25) is 5.95 Å². The molecule has 0 aromatic carbocycles. The first kappa shape index (κ1) is 20.1. The average Bonchev–Trinajstić information content (AvgIpc) is 3.25. The Morgan fingerprint density at radius 3 is 2.76 bits per heavy atom. The number of nitrogens with one attached hydrogen (secondary N) is 1. The van der Waals surface area contributed by atoms with Gasteiger partial charge in [-0.25, -0.2) is 9.97 Å². The third kappa shape index (κ3) is 4.87. The first-order chi connectivity index (χ1) is 14.2. The van der Waals surface area contributed by atoms with Gasteiger partial charge in [-0.05, 0) is 43.3 Å². The molecule has 2 aromatic rings. The van der Waals surface area contributed by atoms with Gasteiger partial charge in [0.05, 0.1) is 6.54 Å². The van der Waals surface area contributed by atoms with Crippen molar-refractivity contribution in [1.29, 1.82) is 0 Å². The molecule has 0 radical (unpaired) electrons. The van der Waals surface area contributed by atoms with Gasteiger partial charge in [0.1, 0.15) is 0 Å². The maximum Gasteiger partial charge on any atom is 0.225 e. The summed E-state index contributed by atoms with van der Waals surface area (Å²) in [5.74, 6) is 1.85. The molecule has 0 saturated carbocycles. The van der Waals surface area contributed by atoms with Crippen molar-refractivity contribution < 1.29 is 0 Å². The van der Waals surface area contributed by atoms with Crippen LogP contribution in [0.1, 0.15) is 24.3 Å². The molecule has 29 heavy (non-hydrogen) atoms. The third-order valence-electron chi connectivity index (χ3n) is 5.71. The van der Waals surface area contributed by atoms with E-state index >= 15 is 0 Å². The first-order valence-electron chi connectivity index (χ1n) is 10.6. The van der Waals surface area contributed by atoms with E-state index in [-0.39, 0.29) is 0 Å². The number of anilines is 1. The molecule has 1 fully saturated rings. The molecule has 1 N–H and O–H groups in total. The molecule has 0 bridgehead atoms. The number of piperazine rings is 1. The van der Waals surface area contributed by atoms with E-state index in [4.69, 9.17) is 4.99 Å². The zero-order valence-electron chi connectivity index (χ0n) is 17.4. The Bertz CT molecular complexity index is 798. The number of hydrogen-bond acceptors (Lipinski definition) is 6. The summed E-state index contributed by atoms with van der Waals surface area (Å²) in [6, 6.07) is 4.58. The fourth-order valence-electron chi connectivity index (χ4n) is 3.98. The van der Waals surface area contributed by atoms with Crippen molar-refractivity contribution >= 4 is 23.2 Å². The summed E-state index contributed by atoms with van der Waals surface area (Å²) >= 11 is 1.90. The van der Waals surface area contributed by atoms with Crippen molar-refractivity contribution in [3.05, 3.63) is 40.3 Å². The molecule has 0 spiro atoms. The van der Waals surface area contributed by atoms with Gasteiger partial charge < -0.3 is 15.1 Å². The molecule has 156 valence electrons. The van der Waals surface area contributed by atoms with Crippen LogP contribution in [0.5, 0.6) is 0 Å². The number of nitrogens with zero attached hydrogens (tertiary/aromatic N) is 6. The van der Waals surface area contributed by atoms with Crippen LogP contribution in [0.25, 0.3) is 0 Å². The van der Waals surface area contributed by atoms with Gasteiger partial charge in [-0.1, -0.05) is 0 Å². The van der Waals surface area contributed by atoms with Crippen molar-refractivity contribution in [2.75, 3.05) is 50.7 Å². The molecule has 4 rings (SSSR count). The van der Waals surface area contributed by atoms with Crippen LogP contribution < -0.4 is 10.2 Å². The second kappa shape index (κ2) is 9.54. The summed E-state index contributed by atoms with van der Waals surface area (Å²) in [6.45, 7) is 12.0. The van der Waals surface area contributed by atoms with Gasteiger partial charge in [0.15, 0.2) is 5.96 Å². The Balaban J connectivity index is 1.33. The van der Waals surface area contributed by atoms with E-state index in [2.05, 4.69) is 55.3 Å². The highest BCUT2D eigenvalue weighted by Crippen LogP contribution is 2.25. The Morgan fingerprint density at radius 1 is 1.21 bits per heavy atom. The Hall–Kier alpha value is -2.19. The van der Waals surface area contributed by atoms with E-state index in [0.717, 1.165) is 64.3 Å². The van der Waals surface area contributed by atoms with E-state index in [0.29, 0.717) is 6.04 Å². The molecule has 1 saturated heterocycles. The van der Waals surface area contributed by atoms with Gasteiger partial charge in [0.25, 0.3) is 0 Å². The molecule has 2 aromatic heterocycles. The molecule has 2 aliphatic heterocycles. The quantitative estimate of drug-likeness (QED) is 0.598. The van der Waals surface area contributed by atoms with Gasteiger partial charge in [-0.2, -0.15) is 0 Å². The Labute approximate surface area is 177 Å². The molecule has 2 aliphatic rings. The molecule has 1 unspecified atom stereocenters. The summed E-state index contributed by atoms with van der Waals surface area (Å²) in [5, 5.41) is 5.71. The summed E-state index contributed by atoms with van der Waals surface area (Å²) < 4.78 is 0. The smallest absolute Gasteiger partial charge is 0.225 e. The Kier molecular flexibility index (Phi) is 6.61. The lowest BCUT2D eigenvalue weighted by molar-refractivity contribution is 0.196. The van der Waals surface area contributed by atoms with E-state index in [1.807, 2.05) is 17.4 Å². The standard InChI is InChI=1S/C21H31N7S/c1-3-22-20(26-10-12-27(13-11-26)21-23-7-4-8-24-21)25-15-17(2)28-9-5-19-18(16-28)6-14-29-19/h4,6-8,14,17H,3,5,9-13,15-16H2,1-2H3,(H,22,25). The number of guanidine groups is 1. The van der Waals surface area contributed by atoms with E-state index < -0.39 is 0 Å². The van der Waals surface area contributed by atoms with E-state index in [1.54, 1.807) is 17.3 Å². The van der Waals surface area contributed by atoms with Crippen LogP contribution in [0.15, 0.2) is 34.9 Å². The zero-order valence-corrected chi connectivity index (χ0v) is 18.2. The largest absolute Gasteiger partial charge is 0.357 e. The number of aliphatic imine (C=N–C) groups is 1. The van der Waals surface area contributed by atoms with Crippen molar-refractivity contribution in [3.63, 3.8) is 0 Å². The fourth-order valence-corrected chi connectivity index (χ4v) is 4.87. The fraction of sp³-hybridized carbons (Fsp3) is 0.571. The van der Waals surface area contributed by atoms with E-state index in [1.165, 1.54) is 12.0 Å². The molecular weight excluding hydrogens is 382 g/mol. The van der Waals surface area contributed by atoms with Gasteiger partial charge in [0, 0.05) is 69.1 Å². The molecule has 4 heterocycles. The normalized spacial score (nSPS) is 19.2. The first-order valence-corrected chi connectivity index (χ1v) is 11.5. The zero-order chi connectivity index (χ0) is 20.1. The van der Waals surface area contributed by atoms with Crippen molar-refractivity contribution in [1.82, 2.24) is 25.1 Å². The summed E-state index contributed by atoms with van der Waals surface area (Å²) in [7, 11) is 0. The van der Waals surface area contributed by atoms with E-state index in [9.17, 15) is 0 Å². The lowest BCUT2D eigenvalue weighted by Crippen LogP contribution is -2.53. The summed E-state index contributed by atoms with van der Waals surface area (Å²) in [6.07, 6.45) is 4.78. The monoisotopic (exact) mass is 413 g/mol. The predicted molar refractivity (Wildman–Crippen MR) is 120 cm³/mol. The van der Waals surface area contributed by atoms with Crippen molar-refractivity contribution in [2.24, 2.45) is 4.99 Å². The lowest BCUT2D eigenvalue weighted by atomic mass is 10.1. The molecule has 0 aliphatic carbocycles. The number of hydrogen-bond donors (Lipinski definition) is 1. The summed E-state index contributed by atoms with van der Waals surface area (Å²) in [4.78, 5) is 22.5. The molecule has 7 nitrogen and oxygen atoms in total. The number of rotatable bonds is 5. The second-order valence-electron chi connectivity index (χ2n) is 7.66. The van der Waals surface area contributed by atoms with Crippen LogP contribution >= 0.6 is 11.3 Å². The summed E-state index contributed by atoms with van der Waals surface area (Å²) in [5.41, 5.74) is 1.50. The molecular formula is C21H31N7S. The lowest BCUT2D eigenvalue weighted by Gasteiger charge is -2.37. The minimum Gasteiger partial charge on any atom is -0.357 e. The van der Waals surface area contributed by atoms with Crippen LogP contribution in [0.3, 0.4) is 0 Å². The SMILES string of the molecule is CCNC(=NCC(C)N1CCc2sccc2C1)N1CCN(c2ncccn2)CC1. The highest BCUT2D eigenvalue weighted by molar-refractivity contribution is 7.10. The number of thiophene rings is 1. The highest BCUT2D eigenvalue weighted by Gasteiger charge is 2.23. The maximum absolute atomic E-state index is 5.00. The Morgan fingerprint density at radius 2 is 2.00 bits per heavy atom. The van der Waals surface area contributed by atoms with Gasteiger partial charge >= 0.3 is 0 Å². The minimum absolute atomic E-state index is 0.440. The second-order valence-corrected chi connectivity index (χ2v) is 8.66. The van der Waals surface area contributed by atoms with Crippen LogP contribution in [-0.4, -0.2) is 77.6 Å². The van der Waals surface area contributed by atoms with Crippen LogP contribution in [0.2, 0.25) is 0 Å². The third-order valence-corrected chi connectivity index (χ3v) is 6.74. The number of aromatic nitrogens is 2.